The van der Waals surface area contributed by atoms with E-state index in [1.165, 1.54) is 12.3 Å². The summed E-state index contributed by atoms with van der Waals surface area (Å²) in [6.07, 6.45) is -2.74. The summed E-state index contributed by atoms with van der Waals surface area (Å²) >= 11 is 0. The molecule has 2 aliphatic heterocycles. The molecular weight excluding hydrogens is 360 g/mol. The molecule has 0 aromatic heterocycles. The van der Waals surface area contributed by atoms with Crippen molar-refractivity contribution in [1.82, 2.24) is 15.5 Å². The second-order valence-corrected chi connectivity index (χ2v) is 6.01. The Bertz CT molecular complexity index is 762. The molecule has 3 nitrogen and oxygen atoms in total. The molecule has 0 bridgehead atoms. The smallest absolute Gasteiger partial charge is 0.373 e. The minimum Gasteiger partial charge on any atom is -0.373 e. The molecule has 1 unspecified atom stereocenters. The first-order valence-electron chi connectivity index (χ1n) is 7.66. The van der Waals surface area contributed by atoms with Gasteiger partial charge in [0.15, 0.2) is 5.54 Å². The molecule has 1 aromatic rings. The van der Waals surface area contributed by atoms with Crippen molar-refractivity contribution >= 4 is 0 Å². The van der Waals surface area contributed by atoms with E-state index in [0.29, 0.717) is 24.9 Å². The summed E-state index contributed by atoms with van der Waals surface area (Å²) in [7, 11) is 0. The maximum atomic E-state index is 13.8. The van der Waals surface area contributed by atoms with Crippen LogP contribution in [-0.4, -0.2) is 24.3 Å². The number of hydrogen-bond acceptors (Lipinski definition) is 3. The largest absolute Gasteiger partial charge is 0.419 e. The summed E-state index contributed by atoms with van der Waals surface area (Å²) < 4.78 is 80.0. The highest BCUT2D eigenvalue weighted by molar-refractivity contribution is 5.41. The van der Waals surface area contributed by atoms with Crippen LogP contribution in [0, 0.1) is 0 Å². The van der Waals surface area contributed by atoms with E-state index in [-0.39, 0.29) is 0 Å². The zero-order valence-corrected chi connectivity index (χ0v) is 13.3. The van der Waals surface area contributed by atoms with Crippen LogP contribution in [0.3, 0.4) is 0 Å². The highest BCUT2D eigenvalue weighted by atomic mass is 19.4. The molecule has 2 heterocycles. The molecule has 26 heavy (non-hydrogen) atoms. The Morgan fingerprint density at radius 3 is 2.42 bits per heavy atom. The third-order valence-corrected chi connectivity index (χ3v) is 4.21. The number of benzene rings is 1. The van der Waals surface area contributed by atoms with Gasteiger partial charge in [0.2, 0.25) is 0 Å². The monoisotopic (exact) mass is 375 g/mol. The Morgan fingerprint density at radius 1 is 1.12 bits per heavy atom. The van der Waals surface area contributed by atoms with E-state index in [1.807, 2.05) is 4.90 Å². The fourth-order valence-electron chi connectivity index (χ4n) is 2.82. The lowest BCUT2D eigenvalue weighted by Gasteiger charge is -2.37. The normalized spacial score (nSPS) is 22.8. The van der Waals surface area contributed by atoms with Gasteiger partial charge in [-0.3, -0.25) is 0 Å². The molecule has 140 valence electrons. The van der Waals surface area contributed by atoms with Gasteiger partial charge in [0, 0.05) is 25.1 Å². The van der Waals surface area contributed by atoms with E-state index in [1.54, 1.807) is 12.4 Å². The lowest BCUT2D eigenvalue weighted by atomic mass is 9.85. The highest BCUT2D eigenvalue weighted by Crippen LogP contribution is 2.43. The summed E-state index contributed by atoms with van der Waals surface area (Å²) in [6.45, 7) is 0.896. The number of alkyl halides is 6. The molecule has 1 aromatic carbocycles. The van der Waals surface area contributed by atoms with Crippen LogP contribution >= 0.6 is 0 Å². The van der Waals surface area contributed by atoms with Gasteiger partial charge in [-0.2, -0.15) is 26.3 Å². The van der Waals surface area contributed by atoms with Gasteiger partial charge in [0.05, 0.1) is 12.2 Å². The van der Waals surface area contributed by atoms with Crippen molar-refractivity contribution in [3.8, 4) is 0 Å². The Kier molecular flexibility index (Phi) is 4.41. The summed E-state index contributed by atoms with van der Waals surface area (Å²) in [5.41, 5.74) is -3.78. The van der Waals surface area contributed by atoms with Gasteiger partial charge in [-0.15, -0.1) is 0 Å². The quantitative estimate of drug-likeness (QED) is 0.787. The number of hydrogen-bond donors (Lipinski definition) is 2. The van der Waals surface area contributed by atoms with Gasteiger partial charge >= 0.3 is 12.4 Å². The molecule has 1 atom stereocenters. The van der Waals surface area contributed by atoms with Gasteiger partial charge < -0.3 is 15.5 Å². The topological polar surface area (TPSA) is 27.3 Å². The van der Waals surface area contributed by atoms with Crippen LogP contribution < -0.4 is 10.6 Å². The summed E-state index contributed by atoms with van der Waals surface area (Å²) in [5.74, 6) is 0. The van der Waals surface area contributed by atoms with Gasteiger partial charge in [0.25, 0.3) is 0 Å². The number of nitrogens with one attached hydrogen (secondary N) is 2. The van der Waals surface area contributed by atoms with Crippen LogP contribution in [0.2, 0.25) is 0 Å². The standard InChI is InChI=1S/C17H15F6N3/c18-16(19,20)14-3-1-2-13(8-14)15(17(21,22)23)5-4-12(9-25-15)10-26-7-6-24-11-26/h1-9,24-25H,10-11H2. The van der Waals surface area contributed by atoms with E-state index < -0.39 is 29.0 Å². The van der Waals surface area contributed by atoms with Crippen molar-refractivity contribution in [2.45, 2.75) is 17.9 Å². The number of rotatable bonds is 3. The Morgan fingerprint density at radius 2 is 1.88 bits per heavy atom. The van der Waals surface area contributed by atoms with Crippen LogP contribution in [0.25, 0.3) is 0 Å². The minimum atomic E-state index is -4.83. The molecule has 0 amide bonds. The molecule has 0 fully saturated rings. The molecule has 9 heteroatoms. The first-order valence-corrected chi connectivity index (χ1v) is 7.66. The average Bonchev–Trinajstić information content (AvgIpc) is 3.07. The maximum Gasteiger partial charge on any atom is 0.419 e. The Hall–Kier alpha value is -2.58. The first-order chi connectivity index (χ1) is 12.1. The number of dihydropyridines is 1. The van der Waals surface area contributed by atoms with E-state index >= 15 is 0 Å². The number of nitrogens with zero attached hydrogens (tertiary/aromatic N) is 1. The number of halogens is 6. The minimum absolute atomic E-state index is 0.365. The van der Waals surface area contributed by atoms with Gasteiger partial charge in [-0.25, -0.2) is 0 Å². The fraction of sp³-hybridized carbons (Fsp3) is 0.294. The van der Waals surface area contributed by atoms with E-state index in [0.717, 1.165) is 24.3 Å². The molecule has 3 rings (SSSR count). The predicted octanol–water partition coefficient (Wildman–Crippen LogP) is 3.84. The molecule has 2 N–H and O–H groups in total. The fourth-order valence-corrected chi connectivity index (χ4v) is 2.82. The van der Waals surface area contributed by atoms with E-state index in [9.17, 15) is 26.3 Å². The third kappa shape index (κ3) is 3.38. The maximum absolute atomic E-state index is 13.8. The lowest BCUT2D eigenvalue weighted by molar-refractivity contribution is -0.182. The van der Waals surface area contributed by atoms with Crippen molar-refractivity contribution < 1.29 is 26.3 Å². The van der Waals surface area contributed by atoms with E-state index in [2.05, 4.69) is 10.6 Å². The van der Waals surface area contributed by atoms with Crippen molar-refractivity contribution in [2.24, 2.45) is 0 Å². The molecule has 0 spiro atoms. The summed E-state index contributed by atoms with van der Waals surface area (Å²) in [5, 5.41) is 5.21. The van der Waals surface area contributed by atoms with Gasteiger partial charge in [0.1, 0.15) is 0 Å². The van der Waals surface area contributed by atoms with Crippen molar-refractivity contribution in [3.05, 3.63) is 71.7 Å². The zero-order chi connectivity index (χ0) is 19.0. The highest BCUT2D eigenvalue weighted by Gasteiger charge is 2.55. The lowest BCUT2D eigenvalue weighted by Crippen LogP contribution is -2.52. The molecule has 0 saturated carbocycles. The van der Waals surface area contributed by atoms with Crippen molar-refractivity contribution in [2.75, 3.05) is 13.2 Å². The van der Waals surface area contributed by atoms with Gasteiger partial charge in [-0.05, 0) is 29.3 Å². The first kappa shape index (κ1) is 18.2. The average molecular weight is 375 g/mol. The molecule has 2 aliphatic rings. The third-order valence-electron chi connectivity index (χ3n) is 4.21. The molecule has 0 saturated heterocycles. The Balaban J connectivity index is 1.92. The SMILES string of the molecule is FC(F)(F)c1cccc(C2(C(F)(F)F)C=CC(CN3C=CNC3)=CN2)c1. The van der Waals surface area contributed by atoms with E-state index in [4.69, 9.17) is 0 Å². The van der Waals surface area contributed by atoms with Crippen molar-refractivity contribution in [1.29, 1.82) is 0 Å². The second-order valence-electron chi connectivity index (χ2n) is 6.01. The molecule has 0 radical (unpaired) electrons. The van der Waals surface area contributed by atoms with Gasteiger partial charge in [-0.1, -0.05) is 18.2 Å². The summed E-state index contributed by atoms with van der Waals surface area (Å²) in [6, 6.07) is 3.28. The summed E-state index contributed by atoms with van der Waals surface area (Å²) in [4.78, 5) is 1.84. The van der Waals surface area contributed by atoms with Crippen LogP contribution in [0.5, 0.6) is 0 Å². The second kappa shape index (κ2) is 6.30. The Labute approximate surface area is 145 Å². The van der Waals surface area contributed by atoms with Crippen LogP contribution in [0.1, 0.15) is 11.1 Å². The molecule has 0 aliphatic carbocycles. The van der Waals surface area contributed by atoms with Crippen LogP contribution in [0.15, 0.2) is 60.6 Å². The molecular formula is C17H15F6N3. The van der Waals surface area contributed by atoms with Crippen molar-refractivity contribution in [3.63, 3.8) is 0 Å². The van der Waals surface area contributed by atoms with Crippen LogP contribution in [-0.2, 0) is 11.7 Å². The van der Waals surface area contributed by atoms with Crippen LogP contribution in [0.4, 0.5) is 26.3 Å². The predicted molar refractivity (Wildman–Crippen MR) is 83.4 cm³/mol. The zero-order valence-electron chi connectivity index (χ0n) is 13.3.